The highest BCUT2D eigenvalue weighted by Gasteiger charge is 2.27. The molecule has 0 radical (unpaired) electrons. The van der Waals surface area contributed by atoms with Gasteiger partial charge in [0.05, 0.1) is 11.3 Å². The molecule has 0 aromatic carbocycles. The molecule has 0 unspecified atom stereocenters. The van der Waals surface area contributed by atoms with E-state index in [4.69, 9.17) is 18.0 Å². The molecule has 0 saturated carbocycles. The van der Waals surface area contributed by atoms with Gasteiger partial charge in [0.15, 0.2) is 0 Å². The molecule has 0 aliphatic heterocycles. The molecule has 138 valence electrons. The van der Waals surface area contributed by atoms with E-state index < -0.39 is 5.91 Å². The lowest BCUT2D eigenvalue weighted by atomic mass is 9.88. The number of rotatable bonds is 6. The molecule has 0 spiro atoms. The second kappa shape index (κ2) is 9.00. The summed E-state index contributed by atoms with van der Waals surface area (Å²) in [6, 6.07) is 0. The smallest absolute Gasteiger partial charge is 0.251 e. The maximum atomic E-state index is 12.3. The Morgan fingerprint density at radius 1 is 1.40 bits per heavy atom. The van der Waals surface area contributed by atoms with E-state index in [0.29, 0.717) is 16.5 Å². The van der Waals surface area contributed by atoms with Gasteiger partial charge in [-0.3, -0.25) is 9.59 Å². The van der Waals surface area contributed by atoms with Crippen molar-refractivity contribution in [2.45, 2.75) is 40.0 Å². The van der Waals surface area contributed by atoms with E-state index in [9.17, 15) is 9.59 Å². The van der Waals surface area contributed by atoms with E-state index in [1.54, 1.807) is 0 Å². The minimum Gasteiger partial charge on any atom is -0.365 e. The van der Waals surface area contributed by atoms with Crippen LogP contribution in [0.5, 0.6) is 0 Å². The fraction of sp³-hybridized carbons (Fsp3) is 0.588. The number of nitrogens with two attached hydrogens (primary N) is 1. The van der Waals surface area contributed by atoms with Crippen LogP contribution in [-0.4, -0.2) is 39.9 Å². The van der Waals surface area contributed by atoms with Crippen molar-refractivity contribution in [3.63, 3.8) is 0 Å². The van der Waals surface area contributed by atoms with Crippen molar-refractivity contribution in [2.24, 2.45) is 11.7 Å². The summed E-state index contributed by atoms with van der Waals surface area (Å²) >= 11 is 8.18. The largest absolute Gasteiger partial charge is 0.365 e. The molecule has 0 bridgehead atoms. The van der Waals surface area contributed by atoms with Crippen molar-refractivity contribution in [3.05, 3.63) is 16.0 Å². The highest BCUT2D eigenvalue weighted by atomic mass is 32.2. The lowest BCUT2D eigenvalue weighted by Gasteiger charge is -2.20. The van der Waals surface area contributed by atoms with Crippen molar-refractivity contribution in [1.29, 1.82) is 0 Å². The van der Waals surface area contributed by atoms with E-state index in [2.05, 4.69) is 12.2 Å². The van der Waals surface area contributed by atoms with E-state index in [1.165, 1.54) is 28.0 Å². The van der Waals surface area contributed by atoms with E-state index in [-0.39, 0.29) is 11.7 Å². The summed E-state index contributed by atoms with van der Waals surface area (Å²) < 4.78 is 0.717. The number of primary amides is 1. The van der Waals surface area contributed by atoms with E-state index in [1.807, 2.05) is 18.7 Å². The lowest BCUT2D eigenvalue weighted by molar-refractivity contribution is -0.113. The van der Waals surface area contributed by atoms with Crippen LogP contribution < -0.4 is 11.1 Å². The van der Waals surface area contributed by atoms with Gasteiger partial charge in [-0.1, -0.05) is 30.9 Å². The second-order valence-electron chi connectivity index (χ2n) is 6.20. The molecule has 1 aliphatic rings. The SMILES string of the molecule is CCN(CC)C(=S)SCC(=O)Nc1sc2c(c1C(N)=O)CC[C@@H](C)C2. The molecular weight excluding hydrogens is 374 g/mol. The summed E-state index contributed by atoms with van der Waals surface area (Å²) in [4.78, 5) is 27.4. The standard InChI is InChI=1S/C17H25N3O2S3/c1-4-20(5-2)17(23)24-9-13(21)19-16-14(15(18)22)11-7-6-10(3)8-12(11)25-16/h10H,4-9H2,1-3H3,(H2,18,22)(H,19,21)/t10-/m1/s1. The number of thioether (sulfide) groups is 1. The fourth-order valence-electron chi connectivity index (χ4n) is 2.96. The van der Waals surface area contributed by atoms with Gasteiger partial charge in [0.25, 0.3) is 5.91 Å². The number of hydrogen-bond acceptors (Lipinski definition) is 5. The summed E-state index contributed by atoms with van der Waals surface area (Å²) in [5, 5.41) is 3.46. The zero-order valence-electron chi connectivity index (χ0n) is 14.9. The van der Waals surface area contributed by atoms with Crippen molar-refractivity contribution in [3.8, 4) is 0 Å². The van der Waals surface area contributed by atoms with E-state index in [0.717, 1.165) is 42.2 Å². The van der Waals surface area contributed by atoms with Crippen LogP contribution >= 0.6 is 35.3 Å². The van der Waals surface area contributed by atoms with Gasteiger partial charge >= 0.3 is 0 Å². The summed E-state index contributed by atoms with van der Waals surface area (Å²) in [5.41, 5.74) is 7.10. The summed E-state index contributed by atoms with van der Waals surface area (Å²) in [6.45, 7) is 7.92. The maximum absolute atomic E-state index is 12.3. The molecule has 3 N–H and O–H groups in total. The molecule has 0 fully saturated rings. The Kier molecular flexibility index (Phi) is 7.27. The number of thiophene rings is 1. The van der Waals surface area contributed by atoms with Gasteiger partial charge in [-0.05, 0) is 44.6 Å². The highest BCUT2D eigenvalue weighted by Crippen LogP contribution is 2.39. The minimum atomic E-state index is -0.464. The Labute approximate surface area is 162 Å². The van der Waals surface area contributed by atoms with Gasteiger partial charge < -0.3 is 16.0 Å². The third kappa shape index (κ3) is 4.95. The molecule has 1 aliphatic carbocycles. The van der Waals surface area contributed by atoms with Crippen LogP contribution in [0.15, 0.2) is 0 Å². The summed E-state index contributed by atoms with van der Waals surface area (Å²) in [6.07, 6.45) is 2.84. The van der Waals surface area contributed by atoms with Gasteiger partial charge in [-0.25, -0.2) is 0 Å². The first-order valence-electron chi connectivity index (χ1n) is 8.53. The van der Waals surface area contributed by atoms with Crippen LogP contribution in [0, 0.1) is 5.92 Å². The Hall–Kier alpha value is -1.12. The van der Waals surface area contributed by atoms with Crippen molar-refractivity contribution in [2.75, 3.05) is 24.2 Å². The van der Waals surface area contributed by atoms with Crippen LogP contribution in [0.4, 0.5) is 5.00 Å². The first-order chi connectivity index (χ1) is 11.9. The summed E-state index contributed by atoms with van der Waals surface area (Å²) in [5.74, 6) is 0.201. The zero-order chi connectivity index (χ0) is 18.6. The number of amides is 2. The van der Waals surface area contributed by atoms with Crippen LogP contribution in [0.2, 0.25) is 0 Å². The third-order valence-electron chi connectivity index (χ3n) is 4.36. The van der Waals surface area contributed by atoms with Crippen LogP contribution in [0.3, 0.4) is 0 Å². The number of carbonyl (C=O) groups excluding carboxylic acids is 2. The number of anilines is 1. The Bertz CT molecular complexity index is 668. The lowest BCUT2D eigenvalue weighted by Crippen LogP contribution is -2.28. The monoisotopic (exact) mass is 399 g/mol. The molecule has 1 atom stereocenters. The molecule has 2 rings (SSSR count). The molecule has 1 heterocycles. The normalized spacial score (nSPS) is 16.2. The Balaban J connectivity index is 2.06. The van der Waals surface area contributed by atoms with Gasteiger partial charge in [-0.2, -0.15) is 0 Å². The van der Waals surface area contributed by atoms with Crippen molar-refractivity contribution in [1.82, 2.24) is 4.90 Å². The fourth-order valence-corrected chi connectivity index (χ4v) is 5.60. The molecule has 5 nitrogen and oxygen atoms in total. The molecule has 1 aromatic heterocycles. The molecule has 0 saturated heterocycles. The minimum absolute atomic E-state index is 0.159. The van der Waals surface area contributed by atoms with Gasteiger partial charge in [0.2, 0.25) is 5.91 Å². The van der Waals surface area contributed by atoms with Crippen molar-refractivity contribution < 1.29 is 9.59 Å². The number of nitrogens with one attached hydrogen (secondary N) is 1. The van der Waals surface area contributed by atoms with E-state index >= 15 is 0 Å². The molecule has 8 heteroatoms. The quantitative estimate of drug-likeness (QED) is 0.718. The van der Waals surface area contributed by atoms with Crippen LogP contribution in [0.25, 0.3) is 0 Å². The zero-order valence-corrected chi connectivity index (χ0v) is 17.3. The molecule has 25 heavy (non-hydrogen) atoms. The number of thiocarbonyl (C=S) groups is 1. The number of carbonyl (C=O) groups is 2. The van der Waals surface area contributed by atoms with Crippen LogP contribution in [0.1, 0.15) is 48.0 Å². The van der Waals surface area contributed by atoms with Gasteiger partial charge in [0.1, 0.15) is 9.32 Å². The van der Waals surface area contributed by atoms with Crippen molar-refractivity contribution >= 4 is 56.5 Å². The molecule has 2 amide bonds. The predicted molar refractivity (Wildman–Crippen MR) is 111 cm³/mol. The highest BCUT2D eigenvalue weighted by molar-refractivity contribution is 8.23. The first-order valence-corrected chi connectivity index (χ1v) is 10.7. The third-order valence-corrected chi connectivity index (χ3v) is 7.05. The average molecular weight is 400 g/mol. The molecule has 1 aromatic rings. The van der Waals surface area contributed by atoms with Gasteiger partial charge in [-0.15, -0.1) is 11.3 Å². The number of nitrogens with zero attached hydrogens (tertiary/aromatic N) is 1. The Morgan fingerprint density at radius 3 is 2.68 bits per heavy atom. The predicted octanol–water partition coefficient (Wildman–Crippen LogP) is 3.27. The van der Waals surface area contributed by atoms with Crippen LogP contribution in [-0.2, 0) is 17.6 Å². The number of fused-ring (bicyclic) bond motifs is 1. The number of hydrogen-bond donors (Lipinski definition) is 2. The Morgan fingerprint density at radius 2 is 2.08 bits per heavy atom. The molecular formula is C17H25N3O2S3. The second-order valence-corrected chi connectivity index (χ2v) is 8.91. The maximum Gasteiger partial charge on any atom is 0.251 e. The van der Waals surface area contributed by atoms with Gasteiger partial charge in [0, 0.05) is 18.0 Å². The first kappa shape index (κ1) is 20.2. The summed E-state index contributed by atoms with van der Waals surface area (Å²) in [7, 11) is 0. The topological polar surface area (TPSA) is 75.4 Å². The average Bonchev–Trinajstić information content (AvgIpc) is 2.90.